The maximum atomic E-state index is 13.6. The van der Waals surface area contributed by atoms with Crippen LogP contribution < -0.4 is 10.6 Å². The van der Waals surface area contributed by atoms with Crippen molar-refractivity contribution in [1.82, 2.24) is 5.32 Å². The van der Waals surface area contributed by atoms with Crippen LogP contribution in [0, 0.1) is 11.7 Å². The number of hydrogen-bond acceptors (Lipinski definition) is 2. The molecule has 3 nitrogen and oxygen atoms in total. The summed E-state index contributed by atoms with van der Waals surface area (Å²) < 4.78 is 13.6. The molecule has 0 aliphatic carbocycles. The van der Waals surface area contributed by atoms with Crippen LogP contribution in [0.3, 0.4) is 0 Å². The summed E-state index contributed by atoms with van der Waals surface area (Å²) in [6.07, 6.45) is 2.93. The molecule has 2 N–H and O–H groups in total. The second kappa shape index (κ2) is 6.35. The number of carbonyl (C=O) groups excluding carboxylic acids is 1. The van der Waals surface area contributed by atoms with Gasteiger partial charge in [0.25, 0.3) is 0 Å². The van der Waals surface area contributed by atoms with Crippen molar-refractivity contribution in [2.45, 2.75) is 32.2 Å². The van der Waals surface area contributed by atoms with Crippen LogP contribution in [0.4, 0.5) is 10.1 Å². The van der Waals surface area contributed by atoms with Crippen LogP contribution in [-0.4, -0.2) is 18.5 Å². The van der Waals surface area contributed by atoms with Crippen LogP contribution in [0.2, 0.25) is 5.02 Å². The summed E-state index contributed by atoms with van der Waals surface area (Å²) in [5, 5.41) is 5.97. The third kappa shape index (κ3) is 3.45. The van der Waals surface area contributed by atoms with Crippen molar-refractivity contribution in [2.24, 2.45) is 5.92 Å². The number of anilines is 1. The van der Waals surface area contributed by atoms with Gasteiger partial charge in [-0.25, -0.2) is 4.39 Å². The number of halogens is 2. The molecule has 0 saturated carbocycles. The van der Waals surface area contributed by atoms with Crippen molar-refractivity contribution in [1.29, 1.82) is 0 Å². The second-order valence-corrected chi connectivity index (χ2v) is 5.30. The van der Waals surface area contributed by atoms with Crippen molar-refractivity contribution in [3.63, 3.8) is 0 Å². The molecule has 0 bridgehead atoms. The summed E-state index contributed by atoms with van der Waals surface area (Å²) in [6, 6.07) is 4.09. The van der Waals surface area contributed by atoms with Crippen LogP contribution in [0.25, 0.3) is 0 Å². The monoisotopic (exact) mass is 284 g/mol. The first-order valence-corrected chi connectivity index (χ1v) is 6.98. The number of carbonyl (C=O) groups is 1. The Labute approximate surface area is 117 Å². The van der Waals surface area contributed by atoms with Gasteiger partial charge in [0.2, 0.25) is 5.91 Å². The van der Waals surface area contributed by atoms with Crippen LogP contribution in [0.1, 0.15) is 26.2 Å². The minimum atomic E-state index is -0.510. The molecular formula is C14H18ClFN2O. The van der Waals surface area contributed by atoms with Gasteiger partial charge in [-0.2, -0.15) is 0 Å². The van der Waals surface area contributed by atoms with Gasteiger partial charge in [-0.15, -0.1) is 0 Å². The van der Waals surface area contributed by atoms with E-state index in [1.807, 2.05) is 0 Å². The molecule has 1 saturated heterocycles. The highest BCUT2D eigenvalue weighted by Gasteiger charge is 2.26. The first-order valence-electron chi connectivity index (χ1n) is 6.60. The highest BCUT2D eigenvalue weighted by Crippen LogP contribution is 2.26. The molecule has 1 aromatic rings. The van der Waals surface area contributed by atoms with E-state index < -0.39 is 5.82 Å². The average Bonchev–Trinajstić information content (AvgIpc) is 2.43. The molecule has 5 heteroatoms. The minimum Gasteiger partial charge on any atom is -0.321 e. The lowest BCUT2D eigenvalue weighted by Gasteiger charge is -2.28. The summed E-state index contributed by atoms with van der Waals surface area (Å²) >= 11 is 5.89. The fourth-order valence-electron chi connectivity index (χ4n) is 2.39. The van der Waals surface area contributed by atoms with E-state index in [9.17, 15) is 9.18 Å². The minimum absolute atomic E-state index is 0.0644. The van der Waals surface area contributed by atoms with Gasteiger partial charge in [0.15, 0.2) is 0 Å². The van der Waals surface area contributed by atoms with Gasteiger partial charge in [-0.1, -0.05) is 31.0 Å². The molecule has 1 aliphatic heterocycles. The molecule has 0 radical (unpaired) electrons. The number of benzene rings is 1. The zero-order valence-corrected chi connectivity index (χ0v) is 11.6. The van der Waals surface area contributed by atoms with E-state index in [-0.39, 0.29) is 22.7 Å². The van der Waals surface area contributed by atoms with Crippen molar-refractivity contribution in [3.05, 3.63) is 29.0 Å². The number of hydrogen-bond donors (Lipinski definition) is 2. The molecule has 2 atom stereocenters. The zero-order chi connectivity index (χ0) is 13.8. The van der Waals surface area contributed by atoms with Gasteiger partial charge in [0, 0.05) is 0 Å². The second-order valence-electron chi connectivity index (χ2n) is 4.89. The Morgan fingerprint density at radius 2 is 2.37 bits per heavy atom. The molecule has 104 valence electrons. The van der Waals surface area contributed by atoms with Gasteiger partial charge in [0.1, 0.15) is 5.82 Å². The molecular weight excluding hydrogens is 267 g/mol. The quantitative estimate of drug-likeness (QED) is 0.895. The SMILES string of the molecule is CCC1CCNC(C(=O)Nc2c(F)cccc2Cl)C1. The number of nitrogens with one attached hydrogen (secondary N) is 2. The van der Waals surface area contributed by atoms with Gasteiger partial charge < -0.3 is 10.6 Å². The fourth-order valence-corrected chi connectivity index (χ4v) is 2.60. The van der Waals surface area contributed by atoms with Crippen LogP contribution in [0.15, 0.2) is 18.2 Å². The van der Waals surface area contributed by atoms with Crippen LogP contribution >= 0.6 is 11.6 Å². The van der Waals surface area contributed by atoms with Crippen molar-refractivity contribution in [3.8, 4) is 0 Å². The summed E-state index contributed by atoms with van der Waals surface area (Å²) in [6.45, 7) is 2.94. The van der Waals surface area contributed by atoms with Crippen LogP contribution in [-0.2, 0) is 4.79 Å². The normalized spacial score (nSPS) is 23.1. The summed E-state index contributed by atoms with van der Waals surface area (Å²) in [5.74, 6) is -0.179. The predicted molar refractivity (Wildman–Crippen MR) is 74.8 cm³/mol. The topological polar surface area (TPSA) is 41.1 Å². The number of piperidine rings is 1. The molecule has 19 heavy (non-hydrogen) atoms. The Balaban J connectivity index is 2.04. The number of para-hydroxylation sites is 1. The largest absolute Gasteiger partial charge is 0.321 e. The van der Waals surface area contributed by atoms with Crippen molar-refractivity contribution >= 4 is 23.2 Å². The Bertz CT molecular complexity index is 447. The average molecular weight is 285 g/mol. The highest BCUT2D eigenvalue weighted by atomic mass is 35.5. The van der Waals surface area contributed by atoms with E-state index in [1.54, 1.807) is 6.07 Å². The Kier molecular flexibility index (Phi) is 4.77. The number of amides is 1. The third-order valence-corrected chi connectivity index (χ3v) is 3.93. The first kappa shape index (κ1) is 14.3. The van der Waals surface area contributed by atoms with Crippen molar-refractivity contribution < 1.29 is 9.18 Å². The summed E-state index contributed by atoms with van der Waals surface area (Å²) in [5.41, 5.74) is 0.0644. The summed E-state index contributed by atoms with van der Waals surface area (Å²) in [7, 11) is 0. The van der Waals surface area contributed by atoms with E-state index >= 15 is 0 Å². The molecule has 0 spiro atoms. The van der Waals surface area contributed by atoms with Gasteiger partial charge in [-0.3, -0.25) is 4.79 Å². The Hall–Kier alpha value is -1.13. The Morgan fingerprint density at radius 3 is 3.05 bits per heavy atom. The maximum Gasteiger partial charge on any atom is 0.241 e. The first-order chi connectivity index (χ1) is 9.11. The molecule has 2 rings (SSSR count). The fraction of sp³-hybridized carbons (Fsp3) is 0.500. The summed E-state index contributed by atoms with van der Waals surface area (Å²) in [4.78, 5) is 12.1. The predicted octanol–water partition coefficient (Wildman–Crippen LogP) is 3.20. The van der Waals surface area contributed by atoms with Gasteiger partial charge >= 0.3 is 0 Å². The molecule has 1 aromatic carbocycles. The lowest BCUT2D eigenvalue weighted by atomic mass is 9.90. The van der Waals surface area contributed by atoms with Crippen LogP contribution in [0.5, 0.6) is 0 Å². The van der Waals surface area contributed by atoms with E-state index in [4.69, 9.17) is 11.6 Å². The lowest BCUT2D eigenvalue weighted by molar-refractivity contribution is -0.119. The van der Waals surface area contributed by atoms with E-state index in [0.717, 1.165) is 25.8 Å². The molecule has 1 fully saturated rings. The number of rotatable bonds is 3. The standard InChI is InChI=1S/C14H18ClFN2O/c1-2-9-6-7-17-12(8-9)14(19)18-13-10(15)4-3-5-11(13)16/h3-5,9,12,17H,2,6-8H2,1H3,(H,18,19). The highest BCUT2D eigenvalue weighted by molar-refractivity contribution is 6.33. The smallest absolute Gasteiger partial charge is 0.241 e. The molecule has 0 aromatic heterocycles. The van der Waals surface area contributed by atoms with E-state index in [0.29, 0.717) is 5.92 Å². The maximum absolute atomic E-state index is 13.6. The van der Waals surface area contributed by atoms with Gasteiger partial charge in [-0.05, 0) is 37.4 Å². The lowest BCUT2D eigenvalue weighted by Crippen LogP contribution is -2.46. The van der Waals surface area contributed by atoms with E-state index in [2.05, 4.69) is 17.6 Å². The molecule has 1 aliphatic rings. The zero-order valence-electron chi connectivity index (χ0n) is 10.9. The van der Waals surface area contributed by atoms with Gasteiger partial charge in [0.05, 0.1) is 16.8 Å². The van der Waals surface area contributed by atoms with E-state index in [1.165, 1.54) is 12.1 Å². The molecule has 1 amide bonds. The third-order valence-electron chi connectivity index (χ3n) is 3.62. The Morgan fingerprint density at radius 1 is 1.58 bits per heavy atom. The molecule has 1 heterocycles. The van der Waals surface area contributed by atoms with Crippen molar-refractivity contribution in [2.75, 3.05) is 11.9 Å². The molecule has 2 unspecified atom stereocenters.